The average Bonchev–Trinajstić information content (AvgIpc) is 0.762. The fourth-order valence-electron chi connectivity index (χ4n) is 13.1. The molecule has 9 atom stereocenters. The van der Waals surface area contributed by atoms with Gasteiger partial charge in [0.15, 0.2) is 16.7 Å². The topological polar surface area (TPSA) is 207 Å². The minimum absolute atomic E-state index is 0.0974. The van der Waals surface area contributed by atoms with Crippen molar-refractivity contribution in [1.29, 1.82) is 0 Å². The van der Waals surface area contributed by atoms with E-state index in [1.54, 1.807) is 6.07 Å². The Hall–Kier alpha value is -7.85. The number of benzene rings is 5. The Morgan fingerprint density at radius 1 is 0.483 bits per heavy atom. The van der Waals surface area contributed by atoms with Crippen LogP contribution in [0, 0.1) is 17.8 Å². The highest BCUT2D eigenvalue weighted by Crippen LogP contribution is 2.57. The van der Waals surface area contributed by atoms with Gasteiger partial charge in [0.2, 0.25) is 0 Å². The lowest BCUT2D eigenvalue weighted by atomic mass is 9.83. The molecule has 15 nitrogen and oxygen atoms in total. The van der Waals surface area contributed by atoms with Crippen molar-refractivity contribution in [2.45, 2.75) is 182 Å². The summed E-state index contributed by atoms with van der Waals surface area (Å²) in [7, 11) is 0. The predicted octanol–water partition coefficient (Wildman–Crippen LogP) is 14.4. The highest BCUT2D eigenvalue weighted by atomic mass is 16.5. The maximum absolute atomic E-state index is 12.6. The third-order valence-electron chi connectivity index (χ3n) is 18.6. The highest BCUT2D eigenvalue weighted by molar-refractivity contribution is 6.05. The number of rotatable bonds is 4. The first kappa shape index (κ1) is 59.5. The van der Waals surface area contributed by atoms with E-state index >= 15 is 0 Å². The van der Waals surface area contributed by atoms with Gasteiger partial charge in [-0.2, -0.15) is 0 Å². The summed E-state index contributed by atoms with van der Waals surface area (Å²) in [4.78, 5) is 37.4. The summed E-state index contributed by atoms with van der Waals surface area (Å²) in [5, 5.41) is 35.6. The molecule has 456 valence electrons. The van der Waals surface area contributed by atoms with Crippen LogP contribution in [-0.2, 0) is 19.3 Å². The molecule has 0 aliphatic carbocycles. The number of hydrogen-bond acceptors (Lipinski definition) is 15. The lowest BCUT2D eigenvalue weighted by Gasteiger charge is -2.39. The van der Waals surface area contributed by atoms with Crippen LogP contribution < -0.4 is 45.3 Å². The van der Waals surface area contributed by atoms with E-state index in [1.807, 2.05) is 128 Å². The van der Waals surface area contributed by atoms with Gasteiger partial charge in [-0.25, -0.2) is 14.4 Å². The Bertz CT molecular complexity index is 4240. The van der Waals surface area contributed by atoms with Crippen LogP contribution in [-0.4, -0.2) is 50.4 Å². The van der Waals surface area contributed by atoms with Crippen LogP contribution in [0.2, 0.25) is 0 Å². The molecule has 6 aliphatic rings. The molecule has 0 saturated carbocycles. The van der Waals surface area contributed by atoms with Crippen molar-refractivity contribution in [3.63, 3.8) is 0 Å². The maximum Gasteiger partial charge on any atom is 0.336 e. The molecule has 0 spiro atoms. The lowest BCUT2D eigenvalue weighted by Crippen LogP contribution is -2.36. The van der Waals surface area contributed by atoms with Crippen molar-refractivity contribution in [3.05, 3.63) is 155 Å². The molecule has 0 saturated heterocycles. The predicted molar refractivity (Wildman–Crippen MR) is 335 cm³/mol. The fraction of sp³-hybridized carbons (Fsp3) is 0.431. The SMILES string of the molecule is CCCc1cc(=O)oc2c3c(c4c(c12)OC(C)(C)CC4)O[C@@H](C)[C@H](C)[C@@H]3O.C[C@H]1[C@H](C)Oc2c3c(c4c(-c5ccccc5)cc(=O)oc4c2[C@H]1O)OC(C)(C)C=C3.C[C@H]1[C@H](C)Oc2c3c(c4c(-c5ccccc5)cc(=O)oc4c2[C@H]1O)OC(C)(C)CC3. The Balaban J connectivity index is 0.000000128. The molecule has 0 bridgehead atoms. The van der Waals surface area contributed by atoms with Crippen molar-refractivity contribution >= 4 is 39.0 Å². The molecular formula is C72H78O15. The zero-order valence-corrected chi connectivity index (χ0v) is 51.8. The minimum Gasteiger partial charge on any atom is -0.489 e. The van der Waals surface area contributed by atoms with Gasteiger partial charge in [-0.1, -0.05) is 94.8 Å². The summed E-state index contributed by atoms with van der Waals surface area (Å²) in [6, 6.07) is 24.0. The van der Waals surface area contributed by atoms with Gasteiger partial charge in [0.05, 0.1) is 56.7 Å². The Morgan fingerprint density at radius 3 is 1.32 bits per heavy atom. The van der Waals surface area contributed by atoms with Crippen molar-refractivity contribution in [2.24, 2.45) is 17.8 Å². The second-order valence-corrected chi connectivity index (χ2v) is 26.4. The second-order valence-electron chi connectivity index (χ2n) is 26.4. The van der Waals surface area contributed by atoms with Crippen LogP contribution in [0.25, 0.3) is 61.2 Å². The fourth-order valence-corrected chi connectivity index (χ4v) is 13.1. The summed E-state index contributed by atoms with van der Waals surface area (Å²) >= 11 is 0. The molecule has 14 rings (SSSR count). The van der Waals surface area contributed by atoms with E-state index in [9.17, 15) is 29.7 Å². The quantitative estimate of drug-likeness (QED) is 0.140. The van der Waals surface area contributed by atoms with E-state index in [0.29, 0.717) is 73.1 Å². The van der Waals surface area contributed by atoms with Crippen molar-refractivity contribution in [3.8, 4) is 56.8 Å². The van der Waals surface area contributed by atoms with Crippen molar-refractivity contribution < 1.29 is 57.0 Å². The summed E-state index contributed by atoms with van der Waals surface area (Å²) in [5.41, 5.74) is 7.09. The van der Waals surface area contributed by atoms with Gasteiger partial charge in [0.1, 0.15) is 69.6 Å². The normalized spacial score (nSPS) is 24.8. The van der Waals surface area contributed by atoms with E-state index < -0.39 is 40.8 Å². The van der Waals surface area contributed by atoms with Gasteiger partial charge in [0.25, 0.3) is 0 Å². The minimum atomic E-state index is -0.825. The molecule has 0 amide bonds. The first-order valence-corrected chi connectivity index (χ1v) is 30.7. The van der Waals surface area contributed by atoms with E-state index in [4.69, 9.17) is 41.7 Å². The zero-order chi connectivity index (χ0) is 61.9. The van der Waals surface area contributed by atoms with E-state index in [1.165, 1.54) is 12.1 Å². The molecule has 3 N–H and O–H groups in total. The van der Waals surface area contributed by atoms with E-state index in [-0.39, 0.29) is 47.3 Å². The standard InChI is InChI=1S/C25H26O5.C25H24O5.C22H28O5/c2*1-13-14(2)28-22-16-10-11-25(3,4)30-23(16)19-17(15-8-6-5-7-9-15)12-18(26)29-24(19)20(22)21(13)27;1-6-7-13-10-15(23)26-21-16(13)20-14(8-9-22(4,5)27-20)19-17(21)18(24)11(2)12(3)25-19/h5-9,12-14,21,27H,10-11H2,1-4H3;5-14,21,27H,1-4H3;10-12,18,24H,6-9H2,1-5H3/t2*13-,14-,21-;11-,12-,18-/m000/s1. The van der Waals surface area contributed by atoms with Crippen molar-refractivity contribution in [1.82, 2.24) is 0 Å². The van der Waals surface area contributed by atoms with Gasteiger partial charge >= 0.3 is 16.9 Å². The zero-order valence-electron chi connectivity index (χ0n) is 51.8. The third kappa shape index (κ3) is 10.5. The smallest absolute Gasteiger partial charge is 0.336 e. The number of fused-ring (bicyclic) bond motifs is 18. The van der Waals surface area contributed by atoms with Crippen LogP contribution in [0.15, 0.2) is 113 Å². The Kier molecular flexibility index (Phi) is 15.1. The number of ether oxygens (including phenoxy) is 6. The molecule has 87 heavy (non-hydrogen) atoms. The molecular weight excluding hydrogens is 1100 g/mol. The van der Waals surface area contributed by atoms with Gasteiger partial charge in [-0.05, 0) is 123 Å². The molecule has 0 unspecified atom stereocenters. The molecule has 3 aromatic heterocycles. The van der Waals surface area contributed by atoms with Crippen LogP contribution >= 0.6 is 0 Å². The number of aryl methyl sites for hydroxylation is 1. The van der Waals surface area contributed by atoms with Gasteiger partial charge in [0, 0.05) is 58.2 Å². The summed E-state index contributed by atoms with van der Waals surface area (Å²) < 4.78 is 55.1. The van der Waals surface area contributed by atoms with Crippen LogP contribution in [0.4, 0.5) is 0 Å². The molecule has 0 radical (unpaired) electrons. The first-order valence-electron chi connectivity index (χ1n) is 30.7. The Morgan fingerprint density at radius 2 is 0.874 bits per heavy atom. The molecule has 6 aliphatic heterocycles. The molecule has 8 aromatic rings. The monoisotopic (exact) mass is 1180 g/mol. The third-order valence-corrected chi connectivity index (χ3v) is 18.6. The largest absolute Gasteiger partial charge is 0.489 e. The molecule has 5 aromatic carbocycles. The lowest BCUT2D eigenvalue weighted by molar-refractivity contribution is 0.0146. The highest BCUT2D eigenvalue weighted by Gasteiger charge is 2.45. The van der Waals surface area contributed by atoms with E-state index in [2.05, 4.69) is 34.6 Å². The van der Waals surface area contributed by atoms with Gasteiger partial charge < -0.3 is 57.0 Å². The summed E-state index contributed by atoms with van der Waals surface area (Å²) in [6.07, 6.45) is 6.03. The molecule has 9 heterocycles. The average molecular weight is 1180 g/mol. The molecule has 0 fully saturated rings. The van der Waals surface area contributed by atoms with Crippen LogP contribution in [0.5, 0.6) is 34.5 Å². The number of hydrogen-bond donors (Lipinski definition) is 3. The second kappa shape index (κ2) is 22.1. The number of aliphatic hydroxyl groups is 3. The first-order chi connectivity index (χ1) is 41.3. The van der Waals surface area contributed by atoms with E-state index in [0.717, 1.165) is 94.0 Å². The maximum atomic E-state index is 12.6. The van der Waals surface area contributed by atoms with Crippen LogP contribution in [0.3, 0.4) is 0 Å². The summed E-state index contributed by atoms with van der Waals surface area (Å²) in [6.45, 7) is 26.0. The Labute approximate surface area is 505 Å². The number of aliphatic hydroxyl groups excluding tert-OH is 3. The van der Waals surface area contributed by atoms with Crippen molar-refractivity contribution in [2.75, 3.05) is 0 Å². The molecule has 15 heteroatoms. The van der Waals surface area contributed by atoms with Gasteiger partial charge in [-0.3, -0.25) is 0 Å². The summed E-state index contributed by atoms with van der Waals surface area (Å²) in [5.74, 6) is 3.43. The van der Waals surface area contributed by atoms with Gasteiger partial charge in [-0.15, -0.1) is 0 Å². The van der Waals surface area contributed by atoms with Crippen LogP contribution in [0.1, 0.15) is 167 Å².